The molecule has 0 bridgehead atoms. The summed E-state index contributed by atoms with van der Waals surface area (Å²) in [7, 11) is 1.33. The standard InChI is InChI=1S/C20H21N3O3/c1-12-18(13(2)26-23-12)15-9-16(20(24)25-3)19(21)17(10-15)22-11-14-7-5-4-6-8-14/h4-10,22H,11,21H2,1-3H3. The smallest absolute Gasteiger partial charge is 0.340 e. The minimum Gasteiger partial charge on any atom is -0.465 e. The molecule has 0 fully saturated rings. The summed E-state index contributed by atoms with van der Waals surface area (Å²) in [6.45, 7) is 4.27. The molecule has 1 heterocycles. The molecule has 0 aliphatic rings. The van der Waals surface area contributed by atoms with Crippen molar-refractivity contribution < 1.29 is 14.1 Å². The van der Waals surface area contributed by atoms with Crippen molar-refractivity contribution in [2.75, 3.05) is 18.2 Å². The number of hydrogen-bond donors (Lipinski definition) is 2. The number of nitrogens with two attached hydrogens (primary N) is 1. The number of aryl methyl sites for hydroxylation is 2. The number of nitrogen functional groups attached to an aromatic ring is 1. The first-order valence-corrected chi connectivity index (χ1v) is 8.24. The number of rotatable bonds is 5. The molecule has 3 rings (SSSR count). The molecule has 1 aromatic heterocycles. The van der Waals surface area contributed by atoms with E-state index < -0.39 is 5.97 Å². The maximum atomic E-state index is 12.2. The van der Waals surface area contributed by atoms with Crippen molar-refractivity contribution in [1.82, 2.24) is 5.16 Å². The average molecular weight is 351 g/mol. The first-order chi connectivity index (χ1) is 12.5. The van der Waals surface area contributed by atoms with Crippen LogP contribution in [0.1, 0.15) is 27.4 Å². The van der Waals surface area contributed by atoms with Gasteiger partial charge in [0, 0.05) is 12.1 Å². The van der Waals surface area contributed by atoms with Gasteiger partial charge in [0.25, 0.3) is 0 Å². The van der Waals surface area contributed by atoms with Gasteiger partial charge >= 0.3 is 5.97 Å². The summed E-state index contributed by atoms with van der Waals surface area (Å²) >= 11 is 0. The van der Waals surface area contributed by atoms with E-state index in [-0.39, 0.29) is 0 Å². The fraction of sp³-hybridized carbons (Fsp3) is 0.200. The van der Waals surface area contributed by atoms with Crippen LogP contribution < -0.4 is 11.1 Å². The van der Waals surface area contributed by atoms with Gasteiger partial charge in [-0.1, -0.05) is 35.5 Å². The van der Waals surface area contributed by atoms with E-state index in [0.29, 0.717) is 29.2 Å². The lowest BCUT2D eigenvalue weighted by atomic mass is 9.99. The number of nitrogens with zero attached hydrogens (tertiary/aromatic N) is 1. The number of nitrogens with one attached hydrogen (secondary N) is 1. The van der Waals surface area contributed by atoms with Gasteiger partial charge < -0.3 is 20.3 Å². The summed E-state index contributed by atoms with van der Waals surface area (Å²) in [6.07, 6.45) is 0. The third kappa shape index (κ3) is 3.39. The largest absolute Gasteiger partial charge is 0.465 e. The Hall–Kier alpha value is -3.28. The van der Waals surface area contributed by atoms with E-state index in [1.165, 1.54) is 7.11 Å². The number of carbonyl (C=O) groups is 1. The molecule has 0 unspecified atom stereocenters. The molecule has 0 amide bonds. The number of methoxy groups -OCH3 is 1. The minimum absolute atomic E-state index is 0.306. The molecule has 3 aromatic rings. The summed E-state index contributed by atoms with van der Waals surface area (Å²) < 4.78 is 10.1. The molecule has 0 aliphatic heterocycles. The first-order valence-electron chi connectivity index (χ1n) is 8.24. The third-order valence-corrected chi connectivity index (χ3v) is 4.23. The Balaban J connectivity index is 2.05. The Kier molecular flexibility index (Phi) is 4.93. The molecule has 6 nitrogen and oxygen atoms in total. The van der Waals surface area contributed by atoms with E-state index in [4.69, 9.17) is 15.0 Å². The van der Waals surface area contributed by atoms with Crippen LogP contribution in [0.4, 0.5) is 11.4 Å². The Morgan fingerprint density at radius 2 is 1.96 bits per heavy atom. The van der Waals surface area contributed by atoms with Crippen molar-refractivity contribution in [1.29, 1.82) is 0 Å². The lowest BCUT2D eigenvalue weighted by molar-refractivity contribution is 0.0602. The van der Waals surface area contributed by atoms with Gasteiger partial charge in [0.05, 0.1) is 29.7 Å². The van der Waals surface area contributed by atoms with Gasteiger partial charge in [-0.05, 0) is 37.1 Å². The van der Waals surface area contributed by atoms with Crippen LogP contribution in [0.3, 0.4) is 0 Å². The van der Waals surface area contributed by atoms with E-state index >= 15 is 0 Å². The van der Waals surface area contributed by atoms with Gasteiger partial charge in [-0.15, -0.1) is 0 Å². The zero-order valence-corrected chi connectivity index (χ0v) is 15.0. The number of benzene rings is 2. The van der Waals surface area contributed by atoms with E-state index in [1.807, 2.05) is 50.2 Å². The van der Waals surface area contributed by atoms with Crippen LogP contribution in [-0.4, -0.2) is 18.2 Å². The number of carbonyl (C=O) groups excluding carboxylic acids is 1. The molecule has 134 valence electrons. The van der Waals surface area contributed by atoms with Crippen molar-refractivity contribution in [2.45, 2.75) is 20.4 Å². The summed E-state index contributed by atoms with van der Waals surface area (Å²) in [4.78, 5) is 12.2. The number of esters is 1. The van der Waals surface area contributed by atoms with Gasteiger partial charge in [-0.25, -0.2) is 4.79 Å². The second kappa shape index (κ2) is 7.31. The summed E-state index contributed by atoms with van der Waals surface area (Å²) in [5.74, 6) is 0.191. The SMILES string of the molecule is COC(=O)c1cc(-c2c(C)noc2C)cc(NCc2ccccc2)c1N. The van der Waals surface area contributed by atoms with Gasteiger partial charge in [-0.2, -0.15) is 0 Å². The highest BCUT2D eigenvalue weighted by atomic mass is 16.5. The summed E-state index contributed by atoms with van der Waals surface area (Å²) in [5, 5.41) is 7.30. The van der Waals surface area contributed by atoms with Gasteiger partial charge in [-0.3, -0.25) is 0 Å². The van der Waals surface area contributed by atoms with Crippen molar-refractivity contribution >= 4 is 17.3 Å². The van der Waals surface area contributed by atoms with Crippen LogP contribution in [0.5, 0.6) is 0 Å². The van der Waals surface area contributed by atoms with E-state index in [0.717, 1.165) is 22.4 Å². The van der Waals surface area contributed by atoms with Crippen molar-refractivity contribution in [3.8, 4) is 11.1 Å². The lowest BCUT2D eigenvalue weighted by Crippen LogP contribution is -2.10. The van der Waals surface area contributed by atoms with Gasteiger partial charge in [0.1, 0.15) is 5.76 Å². The Morgan fingerprint density at radius 1 is 1.23 bits per heavy atom. The summed E-state index contributed by atoms with van der Waals surface area (Å²) in [6, 6.07) is 13.6. The predicted octanol–water partition coefficient (Wildman–Crippen LogP) is 3.94. The highest BCUT2D eigenvalue weighted by Gasteiger charge is 2.19. The first kappa shape index (κ1) is 17.5. The molecule has 0 radical (unpaired) electrons. The van der Waals surface area contributed by atoms with Crippen LogP contribution in [-0.2, 0) is 11.3 Å². The molecule has 0 aliphatic carbocycles. The molecule has 0 saturated heterocycles. The number of hydrogen-bond acceptors (Lipinski definition) is 6. The van der Waals surface area contributed by atoms with Crippen LogP contribution >= 0.6 is 0 Å². The summed E-state index contributed by atoms with van der Waals surface area (Å²) in [5.41, 5.74) is 11.0. The Labute approximate surface area is 152 Å². The van der Waals surface area contributed by atoms with Gasteiger partial charge in [0.2, 0.25) is 0 Å². The Bertz CT molecular complexity index is 913. The molecule has 2 aromatic carbocycles. The molecule has 0 spiro atoms. The highest BCUT2D eigenvalue weighted by Crippen LogP contribution is 2.34. The topological polar surface area (TPSA) is 90.4 Å². The van der Waals surface area contributed by atoms with Gasteiger partial charge in [0.15, 0.2) is 0 Å². The minimum atomic E-state index is -0.487. The number of aromatic nitrogens is 1. The highest BCUT2D eigenvalue weighted by molar-refractivity contribution is 6.00. The zero-order valence-electron chi connectivity index (χ0n) is 15.0. The quantitative estimate of drug-likeness (QED) is 0.534. The zero-order chi connectivity index (χ0) is 18.7. The third-order valence-electron chi connectivity index (χ3n) is 4.23. The van der Waals surface area contributed by atoms with Crippen LogP contribution in [0.2, 0.25) is 0 Å². The Morgan fingerprint density at radius 3 is 2.58 bits per heavy atom. The van der Waals surface area contributed by atoms with E-state index in [9.17, 15) is 4.79 Å². The molecule has 26 heavy (non-hydrogen) atoms. The van der Waals surface area contributed by atoms with Crippen LogP contribution in [0.25, 0.3) is 11.1 Å². The molecule has 0 saturated carbocycles. The van der Waals surface area contributed by atoms with E-state index in [1.54, 1.807) is 6.07 Å². The van der Waals surface area contributed by atoms with E-state index in [2.05, 4.69) is 10.5 Å². The fourth-order valence-electron chi connectivity index (χ4n) is 2.91. The van der Waals surface area contributed by atoms with Crippen LogP contribution in [0, 0.1) is 13.8 Å². The average Bonchev–Trinajstić information content (AvgIpc) is 2.99. The maximum absolute atomic E-state index is 12.2. The normalized spacial score (nSPS) is 10.6. The molecular formula is C20H21N3O3. The maximum Gasteiger partial charge on any atom is 0.340 e. The lowest BCUT2D eigenvalue weighted by Gasteiger charge is -2.15. The molecule has 0 atom stereocenters. The second-order valence-corrected chi connectivity index (χ2v) is 6.01. The monoisotopic (exact) mass is 351 g/mol. The van der Waals surface area contributed by atoms with Crippen molar-refractivity contribution in [3.63, 3.8) is 0 Å². The second-order valence-electron chi connectivity index (χ2n) is 6.01. The van der Waals surface area contributed by atoms with Crippen molar-refractivity contribution in [3.05, 3.63) is 65.0 Å². The number of ether oxygens (including phenoxy) is 1. The molecule has 6 heteroatoms. The molecule has 3 N–H and O–H groups in total. The van der Waals surface area contributed by atoms with Crippen LogP contribution in [0.15, 0.2) is 47.0 Å². The molecular weight excluding hydrogens is 330 g/mol. The van der Waals surface area contributed by atoms with Crippen molar-refractivity contribution in [2.24, 2.45) is 0 Å². The number of anilines is 2. The predicted molar refractivity (Wildman–Crippen MR) is 101 cm³/mol. The fourth-order valence-corrected chi connectivity index (χ4v) is 2.91.